The number of rotatable bonds is 5. The molecule has 0 saturated heterocycles. The van der Waals surface area contributed by atoms with E-state index in [0.29, 0.717) is 0 Å². The minimum atomic E-state index is -2.81. The summed E-state index contributed by atoms with van der Waals surface area (Å²) in [6.07, 6.45) is 4.08. The maximum absolute atomic E-state index is 12.4. The van der Waals surface area contributed by atoms with E-state index in [0.717, 1.165) is 54.5 Å². The first-order valence-corrected chi connectivity index (χ1v) is 7.33. The van der Waals surface area contributed by atoms with Crippen LogP contribution < -0.4 is 10.1 Å². The van der Waals surface area contributed by atoms with Gasteiger partial charge in [0.1, 0.15) is 5.75 Å². The van der Waals surface area contributed by atoms with Crippen molar-refractivity contribution >= 4 is 16.6 Å². The van der Waals surface area contributed by atoms with Crippen molar-refractivity contribution in [2.45, 2.75) is 39.2 Å². The third kappa shape index (κ3) is 2.77. The van der Waals surface area contributed by atoms with Crippen molar-refractivity contribution in [3.63, 3.8) is 0 Å². The number of nitrogens with one attached hydrogen (secondary N) is 1. The van der Waals surface area contributed by atoms with Crippen molar-refractivity contribution in [1.82, 2.24) is 4.98 Å². The number of halogens is 2. The number of fused-ring (bicyclic) bond motifs is 2. The first kappa shape index (κ1) is 14.0. The Labute approximate surface area is 122 Å². The molecule has 0 saturated carbocycles. The van der Waals surface area contributed by atoms with Crippen molar-refractivity contribution in [2.24, 2.45) is 0 Å². The third-order valence-corrected chi connectivity index (χ3v) is 3.76. The van der Waals surface area contributed by atoms with Crippen LogP contribution in [-0.4, -0.2) is 18.1 Å². The van der Waals surface area contributed by atoms with Gasteiger partial charge in [0.05, 0.1) is 5.52 Å². The number of pyridine rings is 1. The van der Waals surface area contributed by atoms with E-state index in [9.17, 15) is 8.78 Å². The van der Waals surface area contributed by atoms with Gasteiger partial charge in [-0.05, 0) is 49.4 Å². The number of hydrogen-bond acceptors (Lipinski definition) is 3. The Morgan fingerprint density at radius 2 is 2.19 bits per heavy atom. The van der Waals surface area contributed by atoms with Crippen LogP contribution in [0, 0.1) is 0 Å². The molecule has 3 rings (SSSR count). The largest absolute Gasteiger partial charge is 0.435 e. The van der Waals surface area contributed by atoms with Crippen LogP contribution in [0.4, 0.5) is 14.5 Å². The van der Waals surface area contributed by atoms with Gasteiger partial charge in [0.25, 0.3) is 0 Å². The molecule has 0 amide bonds. The molecule has 1 aliphatic rings. The van der Waals surface area contributed by atoms with E-state index in [-0.39, 0.29) is 5.75 Å². The monoisotopic (exact) mass is 292 g/mol. The maximum atomic E-state index is 12.4. The van der Waals surface area contributed by atoms with Crippen LogP contribution in [0.5, 0.6) is 5.75 Å². The Hall–Kier alpha value is -1.91. The number of alkyl halides is 2. The topological polar surface area (TPSA) is 34.2 Å². The summed E-state index contributed by atoms with van der Waals surface area (Å²) in [4.78, 5) is 4.66. The zero-order chi connectivity index (χ0) is 14.8. The molecule has 1 aromatic heterocycles. The molecule has 0 fully saturated rings. The highest BCUT2D eigenvalue weighted by Gasteiger charge is 2.20. The van der Waals surface area contributed by atoms with Crippen LogP contribution in [0.2, 0.25) is 0 Å². The number of nitrogens with zero attached hydrogens (tertiary/aromatic N) is 1. The number of anilines is 1. The molecular weight excluding hydrogens is 274 g/mol. The summed E-state index contributed by atoms with van der Waals surface area (Å²) in [6, 6.07) is 4.96. The van der Waals surface area contributed by atoms with Crippen molar-refractivity contribution in [1.29, 1.82) is 0 Å². The number of aryl methyl sites for hydroxylation is 1. The second-order valence-corrected chi connectivity index (χ2v) is 5.25. The van der Waals surface area contributed by atoms with Gasteiger partial charge in [-0.25, -0.2) is 0 Å². The van der Waals surface area contributed by atoms with Crippen LogP contribution in [0.3, 0.4) is 0 Å². The summed E-state index contributed by atoms with van der Waals surface area (Å²) in [5.41, 5.74) is 4.22. The van der Waals surface area contributed by atoms with E-state index in [1.807, 2.05) is 0 Å². The van der Waals surface area contributed by atoms with E-state index in [1.165, 1.54) is 5.56 Å². The van der Waals surface area contributed by atoms with E-state index < -0.39 is 6.61 Å². The average molecular weight is 292 g/mol. The molecule has 0 atom stereocenters. The summed E-state index contributed by atoms with van der Waals surface area (Å²) in [7, 11) is 0. The first-order valence-electron chi connectivity index (χ1n) is 7.33. The lowest BCUT2D eigenvalue weighted by Crippen LogP contribution is -2.06. The highest BCUT2D eigenvalue weighted by molar-refractivity contribution is 5.94. The van der Waals surface area contributed by atoms with Gasteiger partial charge in [-0.1, -0.05) is 6.92 Å². The lowest BCUT2D eigenvalue weighted by atomic mass is 10.1. The fraction of sp³-hybridized carbons (Fsp3) is 0.438. The molecule has 3 nitrogen and oxygen atoms in total. The normalized spacial score (nSPS) is 13.7. The molecule has 1 heterocycles. The molecule has 5 heteroatoms. The van der Waals surface area contributed by atoms with E-state index >= 15 is 0 Å². The highest BCUT2D eigenvalue weighted by atomic mass is 19.3. The Bertz CT molecular complexity index is 658. The van der Waals surface area contributed by atoms with Gasteiger partial charge in [-0.2, -0.15) is 8.78 Å². The molecule has 0 radical (unpaired) electrons. The van der Waals surface area contributed by atoms with Crippen molar-refractivity contribution in [2.75, 3.05) is 11.9 Å². The molecule has 1 aromatic carbocycles. The van der Waals surface area contributed by atoms with Gasteiger partial charge in [0, 0.05) is 23.3 Å². The molecule has 2 aromatic rings. The van der Waals surface area contributed by atoms with Crippen molar-refractivity contribution in [3.8, 4) is 5.75 Å². The van der Waals surface area contributed by atoms with Crippen LogP contribution in [0.25, 0.3) is 10.9 Å². The lowest BCUT2D eigenvalue weighted by molar-refractivity contribution is -0.0497. The maximum Gasteiger partial charge on any atom is 0.387 e. The Morgan fingerprint density at radius 1 is 1.33 bits per heavy atom. The second-order valence-electron chi connectivity index (χ2n) is 5.25. The predicted molar refractivity (Wildman–Crippen MR) is 79.2 cm³/mol. The Balaban J connectivity index is 2.11. The molecule has 21 heavy (non-hydrogen) atoms. The minimum Gasteiger partial charge on any atom is -0.435 e. The van der Waals surface area contributed by atoms with E-state index in [2.05, 4.69) is 22.0 Å². The van der Waals surface area contributed by atoms with Gasteiger partial charge in [-0.3, -0.25) is 4.98 Å². The lowest BCUT2D eigenvalue weighted by Gasteiger charge is -2.15. The standard InChI is InChI=1S/C16H18F2N2O/c1-2-8-19-15-11-4-3-5-13(11)20-14-7-6-10(9-12(14)15)21-16(17)18/h6-7,9,16H,2-5,8H2,1H3,(H,19,20). The van der Waals surface area contributed by atoms with Crippen LogP contribution in [-0.2, 0) is 12.8 Å². The minimum absolute atomic E-state index is 0.178. The van der Waals surface area contributed by atoms with Gasteiger partial charge < -0.3 is 10.1 Å². The molecule has 0 aliphatic heterocycles. The zero-order valence-electron chi connectivity index (χ0n) is 12.0. The smallest absolute Gasteiger partial charge is 0.387 e. The summed E-state index contributed by atoms with van der Waals surface area (Å²) < 4.78 is 29.3. The fourth-order valence-corrected chi connectivity index (χ4v) is 2.87. The van der Waals surface area contributed by atoms with E-state index in [4.69, 9.17) is 0 Å². The van der Waals surface area contributed by atoms with E-state index in [1.54, 1.807) is 18.2 Å². The summed E-state index contributed by atoms with van der Waals surface area (Å²) in [6.45, 7) is 0.143. The Kier molecular flexibility index (Phi) is 3.90. The fourth-order valence-electron chi connectivity index (χ4n) is 2.87. The molecule has 0 unspecified atom stereocenters. The van der Waals surface area contributed by atoms with Gasteiger partial charge in [0.2, 0.25) is 0 Å². The second kappa shape index (κ2) is 5.84. The molecule has 1 N–H and O–H groups in total. The average Bonchev–Trinajstić information content (AvgIpc) is 2.91. The molecule has 0 bridgehead atoms. The van der Waals surface area contributed by atoms with Crippen LogP contribution in [0.15, 0.2) is 18.2 Å². The third-order valence-electron chi connectivity index (χ3n) is 3.76. The first-order chi connectivity index (χ1) is 10.2. The van der Waals surface area contributed by atoms with Crippen molar-refractivity contribution in [3.05, 3.63) is 29.5 Å². The number of aromatic nitrogens is 1. The summed E-state index contributed by atoms with van der Waals surface area (Å²) in [5, 5.41) is 4.30. The molecular formula is C16H18F2N2O. The molecule has 0 spiro atoms. The summed E-state index contributed by atoms with van der Waals surface area (Å²) >= 11 is 0. The molecule has 112 valence electrons. The van der Waals surface area contributed by atoms with Crippen molar-refractivity contribution < 1.29 is 13.5 Å². The number of hydrogen-bond donors (Lipinski definition) is 1. The van der Waals surface area contributed by atoms with Gasteiger partial charge in [-0.15, -0.1) is 0 Å². The summed E-state index contributed by atoms with van der Waals surface area (Å²) in [5.74, 6) is 0.178. The number of benzene rings is 1. The highest BCUT2D eigenvalue weighted by Crippen LogP contribution is 2.35. The zero-order valence-corrected chi connectivity index (χ0v) is 12.0. The van der Waals surface area contributed by atoms with Gasteiger partial charge in [0.15, 0.2) is 0 Å². The predicted octanol–water partition coefficient (Wildman–Crippen LogP) is 4.15. The van der Waals surface area contributed by atoms with Gasteiger partial charge >= 0.3 is 6.61 Å². The number of ether oxygens (including phenoxy) is 1. The SMILES string of the molecule is CCCNc1c2c(nc3ccc(OC(F)F)cc13)CCC2. The quantitative estimate of drug-likeness (QED) is 0.899. The van der Waals surface area contributed by atoms with Crippen LogP contribution >= 0.6 is 0 Å². The van der Waals surface area contributed by atoms with Crippen LogP contribution in [0.1, 0.15) is 31.0 Å². The molecule has 1 aliphatic carbocycles. The Morgan fingerprint density at radius 3 is 2.95 bits per heavy atom.